The van der Waals surface area contributed by atoms with Crippen molar-refractivity contribution in [1.82, 2.24) is 0 Å². The molecule has 2 aromatic carbocycles. The highest BCUT2D eigenvalue weighted by molar-refractivity contribution is 8.06. The summed E-state index contributed by atoms with van der Waals surface area (Å²) >= 11 is 4.32. The maximum absolute atomic E-state index is 2.56. The third-order valence-electron chi connectivity index (χ3n) is 6.99. The summed E-state index contributed by atoms with van der Waals surface area (Å²) < 4.78 is 0.280. The smallest absolute Gasteiger partial charge is 0.0652 e. The van der Waals surface area contributed by atoms with Gasteiger partial charge in [-0.1, -0.05) is 49.7 Å². The zero-order chi connectivity index (χ0) is 18.2. The monoisotopic (exact) mass is 388 g/mol. The van der Waals surface area contributed by atoms with Crippen LogP contribution in [-0.2, 0) is 0 Å². The molecule has 1 saturated carbocycles. The molecular formula is C25H24S2. The van der Waals surface area contributed by atoms with Crippen molar-refractivity contribution in [2.45, 2.75) is 65.2 Å². The van der Waals surface area contributed by atoms with Gasteiger partial charge in [-0.25, -0.2) is 0 Å². The zero-order valence-corrected chi connectivity index (χ0v) is 17.6. The lowest BCUT2D eigenvalue weighted by atomic mass is 9.67. The summed E-state index contributed by atoms with van der Waals surface area (Å²) in [4.78, 5) is 2.99. The van der Waals surface area contributed by atoms with Gasteiger partial charge < -0.3 is 0 Å². The van der Waals surface area contributed by atoms with Gasteiger partial charge in [0.2, 0.25) is 0 Å². The molecule has 0 amide bonds. The average molecular weight is 389 g/mol. The van der Waals surface area contributed by atoms with E-state index < -0.39 is 0 Å². The number of hydrogen-bond donors (Lipinski definition) is 0. The fraction of sp³-hybridized carbons (Fsp3) is 0.360. The van der Waals surface area contributed by atoms with E-state index in [4.69, 9.17) is 0 Å². The summed E-state index contributed by atoms with van der Waals surface area (Å²) in [5.74, 6) is 0. The molecule has 6 rings (SSSR count). The van der Waals surface area contributed by atoms with Crippen molar-refractivity contribution in [2.24, 2.45) is 0 Å². The molecule has 2 aromatic rings. The van der Waals surface area contributed by atoms with E-state index in [1.165, 1.54) is 53.0 Å². The van der Waals surface area contributed by atoms with E-state index in [1.807, 2.05) is 0 Å². The van der Waals surface area contributed by atoms with Crippen LogP contribution in [0, 0.1) is 0 Å². The Morgan fingerprint density at radius 1 is 0.815 bits per heavy atom. The lowest BCUT2D eigenvalue weighted by Gasteiger charge is -2.49. The molecule has 0 spiro atoms. The van der Waals surface area contributed by atoms with E-state index >= 15 is 0 Å². The van der Waals surface area contributed by atoms with Crippen LogP contribution in [0.3, 0.4) is 0 Å². The van der Waals surface area contributed by atoms with Crippen LogP contribution in [0.5, 0.6) is 0 Å². The Morgan fingerprint density at radius 2 is 1.41 bits per heavy atom. The first kappa shape index (κ1) is 16.6. The van der Waals surface area contributed by atoms with Gasteiger partial charge in [-0.05, 0) is 78.2 Å². The largest absolute Gasteiger partial charge is 0.112 e. The Kier molecular flexibility index (Phi) is 3.42. The minimum atomic E-state index is 0.120. The highest BCUT2D eigenvalue weighted by atomic mass is 32.2. The fourth-order valence-corrected chi connectivity index (χ4v) is 9.61. The molecule has 0 radical (unpaired) electrons. The highest BCUT2D eigenvalue weighted by Gasteiger charge is 2.63. The third kappa shape index (κ3) is 1.89. The predicted molar refractivity (Wildman–Crippen MR) is 118 cm³/mol. The van der Waals surface area contributed by atoms with Gasteiger partial charge in [0, 0.05) is 9.79 Å². The first-order valence-corrected chi connectivity index (χ1v) is 11.9. The van der Waals surface area contributed by atoms with E-state index in [9.17, 15) is 0 Å². The van der Waals surface area contributed by atoms with E-state index in [2.05, 4.69) is 85.9 Å². The molecule has 4 aliphatic rings. The molecule has 2 aliphatic carbocycles. The summed E-state index contributed by atoms with van der Waals surface area (Å²) in [6.45, 7) is 4.92. The minimum absolute atomic E-state index is 0.120. The minimum Gasteiger partial charge on any atom is -0.112 e. The summed E-state index contributed by atoms with van der Waals surface area (Å²) in [5, 5.41) is 0. The van der Waals surface area contributed by atoms with E-state index in [0.29, 0.717) is 0 Å². The van der Waals surface area contributed by atoms with Crippen LogP contribution in [0.15, 0.2) is 69.5 Å². The Bertz CT molecular complexity index is 1040. The van der Waals surface area contributed by atoms with Crippen LogP contribution in [0.1, 0.15) is 57.1 Å². The molecule has 136 valence electrons. The van der Waals surface area contributed by atoms with Crippen molar-refractivity contribution in [1.29, 1.82) is 0 Å². The fourth-order valence-electron chi connectivity index (χ4n) is 6.05. The van der Waals surface area contributed by atoms with Crippen molar-refractivity contribution in [3.63, 3.8) is 0 Å². The number of fused-ring (bicyclic) bond motifs is 8. The molecule has 2 unspecified atom stereocenters. The van der Waals surface area contributed by atoms with Crippen molar-refractivity contribution in [3.8, 4) is 0 Å². The summed E-state index contributed by atoms with van der Waals surface area (Å²) in [6.07, 6.45) is 6.31. The first-order valence-electron chi connectivity index (χ1n) is 10.2. The molecule has 0 nitrogen and oxygen atoms in total. The van der Waals surface area contributed by atoms with Crippen molar-refractivity contribution in [2.75, 3.05) is 0 Å². The van der Waals surface area contributed by atoms with Gasteiger partial charge >= 0.3 is 0 Å². The van der Waals surface area contributed by atoms with E-state index in [-0.39, 0.29) is 9.49 Å². The Labute approximate surface area is 170 Å². The van der Waals surface area contributed by atoms with Crippen LogP contribution in [0.25, 0.3) is 11.1 Å². The maximum atomic E-state index is 2.56. The Morgan fingerprint density at radius 3 is 2.11 bits per heavy atom. The Balaban J connectivity index is 1.73. The summed E-state index contributed by atoms with van der Waals surface area (Å²) in [5.41, 5.74) is 9.81. The molecule has 0 aromatic heterocycles. The lowest BCUT2D eigenvalue weighted by Crippen LogP contribution is -2.48. The second kappa shape index (κ2) is 5.58. The Hall–Kier alpha value is -1.38. The van der Waals surface area contributed by atoms with Gasteiger partial charge in [0.1, 0.15) is 0 Å². The molecule has 27 heavy (non-hydrogen) atoms. The summed E-state index contributed by atoms with van der Waals surface area (Å²) in [7, 11) is 0. The molecule has 2 heterocycles. The number of hydrogen-bond acceptors (Lipinski definition) is 2. The molecule has 0 N–H and O–H groups in total. The molecular weight excluding hydrogens is 364 g/mol. The second-order valence-corrected chi connectivity index (χ2v) is 11.2. The number of thioether (sulfide) groups is 2. The molecule has 2 heteroatoms. The van der Waals surface area contributed by atoms with Gasteiger partial charge in [0.15, 0.2) is 0 Å². The quantitative estimate of drug-likeness (QED) is 0.519. The van der Waals surface area contributed by atoms with Gasteiger partial charge in [-0.15, -0.1) is 23.5 Å². The van der Waals surface area contributed by atoms with Crippen molar-refractivity contribution in [3.05, 3.63) is 70.8 Å². The van der Waals surface area contributed by atoms with E-state index in [1.54, 1.807) is 22.3 Å². The topological polar surface area (TPSA) is 0 Å². The SMILES string of the molecule is CCCC12Sc3ccccc3C1=C1CCCC1=C1c3ccccc3SC12C. The zero-order valence-electron chi connectivity index (χ0n) is 16.0. The molecule has 0 saturated heterocycles. The lowest BCUT2D eigenvalue weighted by molar-refractivity contribution is 0.575. The van der Waals surface area contributed by atoms with Crippen molar-refractivity contribution >= 4 is 34.7 Å². The van der Waals surface area contributed by atoms with Crippen molar-refractivity contribution < 1.29 is 0 Å². The van der Waals surface area contributed by atoms with Crippen LogP contribution in [-0.4, -0.2) is 9.49 Å². The molecule has 1 fully saturated rings. The van der Waals surface area contributed by atoms with Gasteiger partial charge in [0.25, 0.3) is 0 Å². The number of rotatable bonds is 2. The highest BCUT2D eigenvalue weighted by Crippen LogP contribution is 2.74. The summed E-state index contributed by atoms with van der Waals surface area (Å²) in [6, 6.07) is 18.4. The third-order valence-corrected chi connectivity index (χ3v) is 10.4. The first-order chi connectivity index (χ1) is 13.2. The second-order valence-electron chi connectivity index (χ2n) is 8.37. The maximum Gasteiger partial charge on any atom is 0.0652 e. The predicted octanol–water partition coefficient (Wildman–Crippen LogP) is 7.60. The normalized spacial score (nSPS) is 30.1. The van der Waals surface area contributed by atoms with Gasteiger partial charge in [-0.2, -0.15) is 0 Å². The molecule has 2 aliphatic heterocycles. The van der Waals surface area contributed by atoms with Crippen LogP contribution in [0.2, 0.25) is 0 Å². The standard InChI is InChI=1S/C25H24S2/c1-3-15-25-23(19-10-5-7-14-21(19)27-25)17-12-8-11-16(17)22-18-9-4-6-13-20(18)26-24(22,25)2/h4-7,9-10,13-14H,3,8,11-12,15H2,1-2H3. The number of allylic oxidation sites excluding steroid dienone is 2. The van der Waals surface area contributed by atoms with Gasteiger partial charge in [0.05, 0.1) is 9.49 Å². The van der Waals surface area contributed by atoms with E-state index in [0.717, 1.165) is 0 Å². The molecule has 2 atom stereocenters. The number of benzene rings is 2. The van der Waals surface area contributed by atoms with Crippen LogP contribution < -0.4 is 0 Å². The van der Waals surface area contributed by atoms with Crippen LogP contribution >= 0.6 is 23.5 Å². The van der Waals surface area contributed by atoms with Gasteiger partial charge in [-0.3, -0.25) is 0 Å². The van der Waals surface area contributed by atoms with Crippen LogP contribution in [0.4, 0.5) is 0 Å². The molecule has 0 bridgehead atoms. The average Bonchev–Trinajstić information content (AvgIpc) is 3.33.